The van der Waals surface area contributed by atoms with Crippen molar-refractivity contribution in [2.75, 3.05) is 26.3 Å². The zero-order valence-electron chi connectivity index (χ0n) is 24.7. The summed E-state index contributed by atoms with van der Waals surface area (Å²) in [6, 6.07) is 17.3. The summed E-state index contributed by atoms with van der Waals surface area (Å²) in [5.74, 6) is -0.948. The molecule has 1 amide bonds. The Hall–Kier alpha value is -3.02. The fourth-order valence-electron chi connectivity index (χ4n) is 4.98. The van der Waals surface area contributed by atoms with Crippen LogP contribution in [0.2, 0.25) is 5.02 Å². The Balaban J connectivity index is 1.69. The van der Waals surface area contributed by atoms with E-state index in [0.29, 0.717) is 30.9 Å². The number of aliphatic hydroxyl groups is 1. The molecular weight excluding hydrogens is 595 g/mol. The van der Waals surface area contributed by atoms with E-state index in [2.05, 4.69) is 5.32 Å². The van der Waals surface area contributed by atoms with E-state index < -0.39 is 33.4 Å². The molecule has 232 valence electrons. The van der Waals surface area contributed by atoms with Gasteiger partial charge in [-0.15, -0.1) is 0 Å². The molecule has 4 rings (SSSR count). The number of carbonyl (C=O) groups excluding carboxylic acids is 1. The summed E-state index contributed by atoms with van der Waals surface area (Å²) in [4.78, 5) is 13.7. The lowest BCUT2D eigenvalue weighted by Crippen LogP contribution is -2.56. The molecule has 1 fully saturated rings. The van der Waals surface area contributed by atoms with Gasteiger partial charge in [0.1, 0.15) is 17.7 Å². The van der Waals surface area contributed by atoms with Crippen molar-refractivity contribution in [2.45, 2.75) is 56.8 Å². The van der Waals surface area contributed by atoms with Crippen molar-refractivity contribution in [3.05, 3.63) is 94.3 Å². The van der Waals surface area contributed by atoms with Crippen molar-refractivity contribution in [1.82, 2.24) is 9.62 Å². The number of sulfonamides is 1. The SMILES string of the molecule is Cc1ccc(C(=O)N[C@@](C)(c2ccccc2)[C@H](O)CN(CC(C)C)S(=O)(=O)c2ccc(F)c(Cl)c2)c(O[C@H]2CCOC2)c1. The summed E-state index contributed by atoms with van der Waals surface area (Å²) in [6.07, 6.45) is -0.884. The summed E-state index contributed by atoms with van der Waals surface area (Å²) in [6.45, 7) is 7.95. The van der Waals surface area contributed by atoms with Crippen molar-refractivity contribution < 1.29 is 32.2 Å². The van der Waals surface area contributed by atoms with E-state index in [-0.39, 0.29) is 40.6 Å². The van der Waals surface area contributed by atoms with Crippen LogP contribution in [-0.2, 0) is 20.3 Å². The molecule has 2 N–H and O–H groups in total. The Morgan fingerprint density at radius 2 is 1.88 bits per heavy atom. The highest BCUT2D eigenvalue weighted by molar-refractivity contribution is 7.89. The van der Waals surface area contributed by atoms with E-state index in [1.807, 2.05) is 26.8 Å². The monoisotopic (exact) mass is 632 g/mol. The molecule has 0 bridgehead atoms. The average molecular weight is 633 g/mol. The molecule has 0 aliphatic carbocycles. The highest BCUT2D eigenvalue weighted by Crippen LogP contribution is 2.31. The molecule has 0 saturated carbocycles. The van der Waals surface area contributed by atoms with Gasteiger partial charge in [-0.3, -0.25) is 4.79 Å². The lowest BCUT2D eigenvalue weighted by Gasteiger charge is -2.38. The molecule has 3 aromatic rings. The Bertz CT molecular complexity index is 1530. The van der Waals surface area contributed by atoms with Gasteiger partial charge >= 0.3 is 0 Å². The third-order valence-corrected chi connectivity index (χ3v) is 9.57. The summed E-state index contributed by atoms with van der Waals surface area (Å²) in [7, 11) is -4.20. The first-order valence-electron chi connectivity index (χ1n) is 14.2. The summed E-state index contributed by atoms with van der Waals surface area (Å²) >= 11 is 5.91. The highest BCUT2D eigenvalue weighted by atomic mass is 35.5. The second-order valence-corrected chi connectivity index (χ2v) is 13.8. The van der Waals surface area contributed by atoms with E-state index in [1.165, 1.54) is 0 Å². The lowest BCUT2D eigenvalue weighted by molar-refractivity contribution is 0.0437. The van der Waals surface area contributed by atoms with Crippen LogP contribution < -0.4 is 10.1 Å². The number of nitrogens with zero attached hydrogens (tertiary/aromatic N) is 1. The van der Waals surface area contributed by atoms with Crippen LogP contribution >= 0.6 is 11.6 Å². The minimum atomic E-state index is -4.20. The number of rotatable bonds is 12. The molecule has 8 nitrogen and oxygen atoms in total. The number of hydrogen-bond donors (Lipinski definition) is 2. The first-order chi connectivity index (χ1) is 20.3. The van der Waals surface area contributed by atoms with Gasteiger partial charge < -0.3 is 19.9 Å². The maximum atomic E-state index is 13.9. The summed E-state index contributed by atoms with van der Waals surface area (Å²) < 4.78 is 54.0. The Morgan fingerprint density at radius 3 is 2.51 bits per heavy atom. The molecule has 3 aromatic carbocycles. The third kappa shape index (κ3) is 7.74. The van der Waals surface area contributed by atoms with Gasteiger partial charge in [0, 0.05) is 19.5 Å². The standard InChI is InChI=1S/C32H38ClFN2O6S/c1-21(2)18-36(43(39,40)25-11-13-28(34)27(33)17-25)19-30(37)32(4,23-8-6-5-7-9-23)35-31(38)26-12-10-22(3)16-29(26)42-24-14-15-41-20-24/h5-13,16-17,21,24,30,37H,14-15,18-20H2,1-4H3,(H,35,38)/t24-,30+,32-/m0/s1. The molecule has 3 atom stereocenters. The lowest BCUT2D eigenvalue weighted by atomic mass is 9.85. The predicted octanol–water partition coefficient (Wildman–Crippen LogP) is 5.31. The number of carbonyl (C=O) groups is 1. The number of benzene rings is 3. The molecule has 1 heterocycles. The average Bonchev–Trinajstić information content (AvgIpc) is 3.47. The van der Waals surface area contributed by atoms with Gasteiger partial charge in [-0.05, 0) is 61.2 Å². The molecule has 11 heteroatoms. The first-order valence-corrected chi connectivity index (χ1v) is 16.0. The van der Waals surface area contributed by atoms with Crippen molar-refractivity contribution in [1.29, 1.82) is 0 Å². The van der Waals surface area contributed by atoms with Crippen LogP contribution in [0.4, 0.5) is 4.39 Å². The van der Waals surface area contributed by atoms with Crippen LogP contribution in [0, 0.1) is 18.7 Å². The van der Waals surface area contributed by atoms with Crippen LogP contribution in [0.25, 0.3) is 0 Å². The van der Waals surface area contributed by atoms with Crippen LogP contribution in [0.15, 0.2) is 71.6 Å². The molecule has 0 unspecified atom stereocenters. The Labute approximate surface area is 257 Å². The number of ether oxygens (including phenoxy) is 2. The van der Waals surface area contributed by atoms with Crippen molar-refractivity contribution in [3.8, 4) is 5.75 Å². The normalized spacial score (nSPS) is 17.6. The zero-order chi connectivity index (χ0) is 31.4. The topological polar surface area (TPSA) is 105 Å². The maximum absolute atomic E-state index is 13.9. The largest absolute Gasteiger partial charge is 0.487 e. The zero-order valence-corrected chi connectivity index (χ0v) is 26.3. The maximum Gasteiger partial charge on any atom is 0.255 e. The van der Waals surface area contributed by atoms with Crippen LogP contribution in [0.5, 0.6) is 5.75 Å². The van der Waals surface area contributed by atoms with Gasteiger partial charge in [0.15, 0.2) is 0 Å². The number of nitrogens with one attached hydrogen (secondary N) is 1. The second-order valence-electron chi connectivity index (χ2n) is 11.4. The van der Waals surface area contributed by atoms with Crippen LogP contribution in [-0.4, -0.2) is 62.2 Å². The van der Waals surface area contributed by atoms with Gasteiger partial charge in [-0.1, -0.05) is 61.8 Å². The molecule has 0 aromatic heterocycles. The smallest absolute Gasteiger partial charge is 0.255 e. The van der Waals surface area contributed by atoms with Gasteiger partial charge in [-0.2, -0.15) is 4.31 Å². The van der Waals surface area contributed by atoms with Gasteiger partial charge in [0.2, 0.25) is 10.0 Å². The van der Waals surface area contributed by atoms with E-state index in [0.717, 1.165) is 28.1 Å². The number of aryl methyl sites for hydroxylation is 1. The first kappa shape index (κ1) is 32.9. The molecule has 1 saturated heterocycles. The van der Waals surface area contributed by atoms with Crippen molar-refractivity contribution in [3.63, 3.8) is 0 Å². The molecule has 43 heavy (non-hydrogen) atoms. The molecule has 1 aliphatic rings. The third-order valence-electron chi connectivity index (χ3n) is 7.45. The Morgan fingerprint density at radius 1 is 1.16 bits per heavy atom. The fraction of sp³-hybridized carbons (Fsp3) is 0.406. The van der Waals surface area contributed by atoms with Gasteiger partial charge in [-0.25, -0.2) is 12.8 Å². The minimum Gasteiger partial charge on any atom is -0.487 e. The van der Waals surface area contributed by atoms with Crippen LogP contribution in [0.3, 0.4) is 0 Å². The van der Waals surface area contributed by atoms with Gasteiger partial charge in [0.05, 0.1) is 40.3 Å². The van der Waals surface area contributed by atoms with Crippen LogP contribution in [0.1, 0.15) is 48.7 Å². The van der Waals surface area contributed by atoms with E-state index in [4.69, 9.17) is 21.1 Å². The molecule has 1 aliphatic heterocycles. The number of amides is 1. The second kappa shape index (κ2) is 13.7. The van der Waals surface area contributed by atoms with Crippen molar-refractivity contribution >= 4 is 27.5 Å². The summed E-state index contributed by atoms with van der Waals surface area (Å²) in [5, 5.41) is 14.5. The minimum absolute atomic E-state index is 0.0621. The fourth-order valence-corrected chi connectivity index (χ4v) is 6.86. The summed E-state index contributed by atoms with van der Waals surface area (Å²) in [5.41, 5.74) is 0.329. The van der Waals surface area contributed by atoms with E-state index in [9.17, 15) is 22.7 Å². The Kier molecular flexibility index (Phi) is 10.5. The number of halogens is 2. The van der Waals surface area contributed by atoms with E-state index >= 15 is 0 Å². The molecule has 0 radical (unpaired) electrons. The number of hydrogen-bond acceptors (Lipinski definition) is 6. The molecular formula is C32H38ClFN2O6S. The number of aliphatic hydroxyl groups excluding tert-OH is 1. The van der Waals surface area contributed by atoms with Crippen molar-refractivity contribution in [2.24, 2.45) is 5.92 Å². The van der Waals surface area contributed by atoms with Gasteiger partial charge in [0.25, 0.3) is 5.91 Å². The predicted molar refractivity (Wildman–Crippen MR) is 163 cm³/mol. The quantitative estimate of drug-likeness (QED) is 0.281. The van der Waals surface area contributed by atoms with E-state index in [1.54, 1.807) is 49.4 Å². The highest BCUT2D eigenvalue weighted by Gasteiger charge is 2.40. The molecule has 0 spiro atoms.